The third kappa shape index (κ3) is 7.64. The summed E-state index contributed by atoms with van der Waals surface area (Å²) in [5.74, 6) is 0.940. The maximum absolute atomic E-state index is 12.7. The van der Waals surface area contributed by atoms with Crippen LogP contribution < -0.4 is 10.1 Å². The number of likely N-dealkylation sites (N-methyl/N-ethyl adjacent to an activating group) is 1. The van der Waals surface area contributed by atoms with E-state index in [1.54, 1.807) is 0 Å². The van der Waals surface area contributed by atoms with E-state index in [1.165, 1.54) is 5.56 Å². The molecular weight excluding hydrogens is 398 g/mol. The van der Waals surface area contributed by atoms with E-state index < -0.39 is 0 Å². The van der Waals surface area contributed by atoms with E-state index in [0.29, 0.717) is 19.4 Å². The third-order valence-corrected chi connectivity index (χ3v) is 6.11. The van der Waals surface area contributed by atoms with Crippen molar-refractivity contribution in [2.45, 2.75) is 45.1 Å². The van der Waals surface area contributed by atoms with Crippen LogP contribution in [0, 0.1) is 0 Å². The molecule has 1 saturated heterocycles. The third-order valence-electron chi connectivity index (χ3n) is 6.11. The van der Waals surface area contributed by atoms with Gasteiger partial charge in [-0.05, 0) is 42.1 Å². The Morgan fingerprint density at radius 1 is 1.00 bits per heavy atom. The van der Waals surface area contributed by atoms with Gasteiger partial charge in [-0.2, -0.15) is 0 Å². The van der Waals surface area contributed by atoms with Gasteiger partial charge in [-0.3, -0.25) is 9.69 Å². The van der Waals surface area contributed by atoms with Crippen LogP contribution >= 0.6 is 0 Å². The van der Waals surface area contributed by atoms with Crippen LogP contribution in [0.15, 0.2) is 54.6 Å². The van der Waals surface area contributed by atoms with E-state index in [0.717, 1.165) is 44.0 Å². The van der Waals surface area contributed by atoms with Gasteiger partial charge in [0.2, 0.25) is 5.91 Å². The van der Waals surface area contributed by atoms with Crippen molar-refractivity contribution in [1.29, 1.82) is 0 Å². The summed E-state index contributed by atoms with van der Waals surface area (Å²) in [4.78, 5) is 17.5. The molecule has 1 fully saturated rings. The number of amides is 1. The van der Waals surface area contributed by atoms with Crippen LogP contribution in [0.5, 0.6) is 5.75 Å². The molecule has 0 radical (unpaired) electrons. The predicted octanol–water partition coefficient (Wildman–Crippen LogP) is 4.25. The molecule has 174 valence electrons. The van der Waals surface area contributed by atoms with Crippen molar-refractivity contribution in [2.24, 2.45) is 0 Å². The van der Waals surface area contributed by atoms with Crippen molar-refractivity contribution in [1.82, 2.24) is 15.1 Å². The second-order valence-corrected chi connectivity index (χ2v) is 9.86. The highest BCUT2D eigenvalue weighted by molar-refractivity contribution is 5.76. The van der Waals surface area contributed by atoms with E-state index in [2.05, 4.69) is 67.2 Å². The molecule has 1 N–H and O–H groups in total. The van der Waals surface area contributed by atoms with Crippen LogP contribution in [0.25, 0.3) is 0 Å². The number of nitrogens with one attached hydrogen (secondary N) is 1. The van der Waals surface area contributed by atoms with Crippen molar-refractivity contribution in [3.8, 4) is 5.75 Å². The minimum absolute atomic E-state index is 0.0120. The number of carbonyl (C=O) groups is 1. The van der Waals surface area contributed by atoms with Crippen LogP contribution in [0.3, 0.4) is 0 Å². The fraction of sp³-hybridized carbons (Fsp3) is 0.519. The Kier molecular flexibility index (Phi) is 8.71. The summed E-state index contributed by atoms with van der Waals surface area (Å²) in [6.07, 6.45) is 1.16. The number of hydrogen-bond acceptors (Lipinski definition) is 4. The normalized spacial score (nSPS) is 16.5. The average Bonchev–Trinajstić information content (AvgIpc) is 2.78. The summed E-state index contributed by atoms with van der Waals surface area (Å²) in [5.41, 5.74) is 2.59. The van der Waals surface area contributed by atoms with E-state index >= 15 is 0 Å². The van der Waals surface area contributed by atoms with Gasteiger partial charge in [0.25, 0.3) is 0 Å². The molecule has 1 unspecified atom stereocenters. The zero-order valence-electron chi connectivity index (χ0n) is 20.1. The Hall–Kier alpha value is -2.37. The number of rotatable bonds is 9. The minimum atomic E-state index is 0.0120. The van der Waals surface area contributed by atoms with Crippen LogP contribution in [0.4, 0.5) is 0 Å². The van der Waals surface area contributed by atoms with Crippen molar-refractivity contribution >= 4 is 5.91 Å². The predicted molar refractivity (Wildman–Crippen MR) is 131 cm³/mol. The summed E-state index contributed by atoms with van der Waals surface area (Å²) in [5, 5.41) is 3.26. The summed E-state index contributed by atoms with van der Waals surface area (Å²) in [6.45, 7) is 12.2. The van der Waals surface area contributed by atoms with Crippen LogP contribution in [0.1, 0.15) is 50.8 Å². The Bertz CT molecular complexity index is 822. The van der Waals surface area contributed by atoms with Gasteiger partial charge < -0.3 is 15.0 Å². The van der Waals surface area contributed by atoms with Gasteiger partial charge in [0.15, 0.2) is 0 Å². The lowest BCUT2D eigenvalue weighted by Crippen LogP contribution is -2.47. The fourth-order valence-electron chi connectivity index (χ4n) is 3.95. The van der Waals surface area contributed by atoms with Crippen LogP contribution in [0.2, 0.25) is 0 Å². The Labute approximate surface area is 193 Å². The molecule has 0 saturated carbocycles. The number of nitrogens with zero attached hydrogens (tertiary/aromatic N) is 2. The molecule has 1 aliphatic rings. The monoisotopic (exact) mass is 437 g/mol. The van der Waals surface area contributed by atoms with Crippen molar-refractivity contribution in [2.75, 3.05) is 46.4 Å². The molecule has 1 aliphatic heterocycles. The first-order chi connectivity index (χ1) is 15.3. The number of ether oxygens (including phenoxy) is 1. The molecular formula is C27H39N3O2. The van der Waals surface area contributed by atoms with E-state index in [4.69, 9.17) is 4.74 Å². The zero-order chi connectivity index (χ0) is 23.0. The minimum Gasteiger partial charge on any atom is -0.494 e. The van der Waals surface area contributed by atoms with Gasteiger partial charge in [0.05, 0.1) is 12.6 Å². The van der Waals surface area contributed by atoms with E-state index in [-0.39, 0.29) is 17.4 Å². The standard InChI is InChI=1S/C27H39N3O2/c1-27(2,3)23-12-14-24(15-13-23)32-20-8-11-26(31)28-25(22-9-6-5-7-10-22)21-30-18-16-29(4)17-19-30/h5-7,9-10,12-15,25H,8,11,16-21H2,1-4H3,(H,28,31). The van der Waals surface area contributed by atoms with Gasteiger partial charge in [-0.1, -0.05) is 63.2 Å². The molecule has 5 heteroatoms. The maximum atomic E-state index is 12.7. The zero-order valence-corrected chi connectivity index (χ0v) is 20.1. The van der Waals surface area contributed by atoms with Gasteiger partial charge in [-0.15, -0.1) is 0 Å². The fourth-order valence-corrected chi connectivity index (χ4v) is 3.95. The lowest BCUT2D eigenvalue weighted by Gasteiger charge is -2.35. The van der Waals surface area contributed by atoms with Crippen molar-refractivity contribution in [3.05, 3.63) is 65.7 Å². The first-order valence-corrected chi connectivity index (χ1v) is 11.8. The number of carbonyl (C=O) groups excluding carboxylic acids is 1. The van der Waals surface area contributed by atoms with Gasteiger partial charge in [0.1, 0.15) is 5.75 Å². The quantitative estimate of drug-likeness (QED) is 0.596. The lowest BCUT2D eigenvalue weighted by molar-refractivity contribution is -0.122. The summed E-state index contributed by atoms with van der Waals surface area (Å²) in [6, 6.07) is 18.6. The molecule has 0 spiro atoms. The largest absolute Gasteiger partial charge is 0.494 e. The molecule has 0 bridgehead atoms. The molecule has 5 nitrogen and oxygen atoms in total. The van der Waals surface area contributed by atoms with E-state index in [9.17, 15) is 4.79 Å². The van der Waals surface area contributed by atoms with Gasteiger partial charge in [0, 0.05) is 39.1 Å². The molecule has 32 heavy (non-hydrogen) atoms. The van der Waals surface area contributed by atoms with Crippen molar-refractivity contribution in [3.63, 3.8) is 0 Å². The first-order valence-electron chi connectivity index (χ1n) is 11.8. The molecule has 2 aromatic carbocycles. The van der Waals surface area contributed by atoms with E-state index in [1.807, 2.05) is 30.3 Å². The van der Waals surface area contributed by atoms with Crippen LogP contribution in [-0.4, -0.2) is 62.1 Å². The molecule has 0 aliphatic carbocycles. The number of hydrogen-bond donors (Lipinski definition) is 1. The highest BCUT2D eigenvalue weighted by atomic mass is 16.5. The SMILES string of the molecule is CN1CCN(CC(NC(=O)CCCOc2ccc(C(C)(C)C)cc2)c2ccccc2)CC1. The Morgan fingerprint density at radius 3 is 2.28 bits per heavy atom. The second-order valence-electron chi connectivity index (χ2n) is 9.86. The Morgan fingerprint density at radius 2 is 1.66 bits per heavy atom. The first kappa shape index (κ1) is 24.3. The highest BCUT2D eigenvalue weighted by Crippen LogP contribution is 2.24. The van der Waals surface area contributed by atoms with Gasteiger partial charge >= 0.3 is 0 Å². The second kappa shape index (κ2) is 11.5. The molecule has 1 heterocycles. The maximum Gasteiger partial charge on any atom is 0.220 e. The van der Waals surface area contributed by atoms with Crippen LogP contribution in [-0.2, 0) is 10.2 Å². The highest BCUT2D eigenvalue weighted by Gasteiger charge is 2.21. The average molecular weight is 438 g/mol. The number of piperazine rings is 1. The molecule has 0 aromatic heterocycles. The Balaban J connectivity index is 1.46. The molecule has 2 aromatic rings. The smallest absolute Gasteiger partial charge is 0.220 e. The molecule has 3 rings (SSSR count). The summed E-state index contributed by atoms with van der Waals surface area (Å²) >= 11 is 0. The summed E-state index contributed by atoms with van der Waals surface area (Å²) in [7, 11) is 2.16. The summed E-state index contributed by atoms with van der Waals surface area (Å²) < 4.78 is 5.85. The topological polar surface area (TPSA) is 44.8 Å². The van der Waals surface area contributed by atoms with Crippen molar-refractivity contribution < 1.29 is 9.53 Å². The molecule has 1 atom stereocenters. The van der Waals surface area contributed by atoms with Gasteiger partial charge in [-0.25, -0.2) is 0 Å². The molecule has 1 amide bonds. The number of benzene rings is 2. The lowest BCUT2D eigenvalue weighted by atomic mass is 9.87.